The van der Waals surface area contributed by atoms with Crippen LogP contribution in [0.5, 0.6) is 0 Å². The van der Waals surface area contributed by atoms with Gasteiger partial charge >= 0.3 is 0 Å². The first-order chi connectivity index (χ1) is 10.6. The van der Waals surface area contributed by atoms with Crippen molar-refractivity contribution in [1.82, 2.24) is 0 Å². The second-order valence-electron chi connectivity index (χ2n) is 6.60. The average molecular weight is 300 g/mol. The third-order valence-electron chi connectivity index (χ3n) is 4.81. The van der Waals surface area contributed by atoms with Crippen LogP contribution in [0.3, 0.4) is 0 Å². The standard InChI is InChI=1S/C20H22F2/c1-13-3-7-15(8-4-13)17-11-12-18(20(22)19(17)21)16-9-5-14(2)6-10-16/h3,7,9,11-12,14H,4-6,8,10H2,1-2H3. The Kier molecular flexibility index (Phi) is 4.28. The molecule has 1 atom stereocenters. The zero-order valence-electron chi connectivity index (χ0n) is 13.3. The third kappa shape index (κ3) is 2.92. The minimum atomic E-state index is -0.698. The zero-order chi connectivity index (χ0) is 15.7. The molecule has 1 aromatic carbocycles. The van der Waals surface area contributed by atoms with E-state index in [1.165, 1.54) is 5.57 Å². The van der Waals surface area contributed by atoms with Crippen molar-refractivity contribution in [3.8, 4) is 0 Å². The number of halogens is 2. The van der Waals surface area contributed by atoms with Gasteiger partial charge in [-0.15, -0.1) is 0 Å². The normalized spacial score (nSPS) is 22.0. The fourth-order valence-electron chi connectivity index (χ4n) is 3.22. The van der Waals surface area contributed by atoms with Gasteiger partial charge in [-0.25, -0.2) is 8.78 Å². The Balaban J connectivity index is 1.96. The van der Waals surface area contributed by atoms with Crippen LogP contribution < -0.4 is 0 Å². The molecular weight excluding hydrogens is 278 g/mol. The molecular formula is C20H22F2. The van der Waals surface area contributed by atoms with Gasteiger partial charge in [-0.3, -0.25) is 0 Å². The topological polar surface area (TPSA) is 0 Å². The molecule has 2 aliphatic carbocycles. The molecule has 0 spiro atoms. The lowest BCUT2D eigenvalue weighted by Crippen LogP contribution is -2.05. The van der Waals surface area contributed by atoms with Gasteiger partial charge in [-0.05, 0) is 56.1 Å². The second kappa shape index (κ2) is 6.20. The Morgan fingerprint density at radius 1 is 0.909 bits per heavy atom. The summed E-state index contributed by atoms with van der Waals surface area (Å²) < 4.78 is 29.0. The molecule has 3 rings (SSSR count). The lowest BCUT2D eigenvalue weighted by atomic mass is 9.86. The molecule has 1 unspecified atom stereocenters. The quantitative estimate of drug-likeness (QED) is 0.602. The van der Waals surface area contributed by atoms with Crippen molar-refractivity contribution in [3.05, 3.63) is 58.7 Å². The SMILES string of the molecule is CC1=CC=C(c2ccc(C3=CCC(C)CC3)c(F)c2F)CC1. The summed E-state index contributed by atoms with van der Waals surface area (Å²) >= 11 is 0. The van der Waals surface area contributed by atoms with E-state index in [-0.39, 0.29) is 0 Å². The number of rotatable bonds is 2. The first-order valence-electron chi connectivity index (χ1n) is 8.10. The molecule has 116 valence electrons. The molecule has 0 nitrogen and oxygen atoms in total. The fraction of sp³-hybridized carbons (Fsp3) is 0.400. The van der Waals surface area contributed by atoms with Gasteiger partial charge in [0.25, 0.3) is 0 Å². The van der Waals surface area contributed by atoms with E-state index < -0.39 is 11.6 Å². The number of benzene rings is 1. The Bertz CT molecular complexity index is 677. The van der Waals surface area contributed by atoms with E-state index in [0.29, 0.717) is 17.0 Å². The van der Waals surface area contributed by atoms with Crippen molar-refractivity contribution < 1.29 is 8.78 Å². The highest BCUT2D eigenvalue weighted by molar-refractivity contribution is 5.73. The predicted octanol–water partition coefficient (Wildman–Crippen LogP) is 6.29. The molecule has 0 amide bonds. The molecule has 0 aliphatic heterocycles. The summed E-state index contributed by atoms with van der Waals surface area (Å²) in [5, 5.41) is 0. The van der Waals surface area contributed by atoms with E-state index in [1.54, 1.807) is 12.1 Å². The van der Waals surface area contributed by atoms with Gasteiger partial charge in [0.15, 0.2) is 11.6 Å². The van der Waals surface area contributed by atoms with Gasteiger partial charge in [0.1, 0.15) is 0 Å². The van der Waals surface area contributed by atoms with Crippen molar-refractivity contribution in [1.29, 1.82) is 0 Å². The van der Waals surface area contributed by atoms with Crippen molar-refractivity contribution in [2.75, 3.05) is 0 Å². The van der Waals surface area contributed by atoms with Crippen LogP contribution in [0.15, 0.2) is 35.9 Å². The van der Waals surface area contributed by atoms with Crippen molar-refractivity contribution in [2.45, 2.75) is 46.0 Å². The van der Waals surface area contributed by atoms with E-state index in [4.69, 9.17) is 0 Å². The molecule has 0 saturated heterocycles. The summed E-state index contributed by atoms with van der Waals surface area (Å²) in [5.74, 6) is -0.750. The van der Waals surface area contributed by atoms with Gasteiger partial charge in [0.05, 0.1) is 0 Å². The molecule has 0 saturated carbocycles. The zero-order valence-corrected chi connectivity index (χ0v) is 13.3. The molecule has 22 heavy (non-hydrogen) atoms. The number of hydrogen-bond donors (Lipinski definition) is 0. The van der Waals surface area contributed by atoms with E-state index in [0.717, 1.165) is 43.3 Å². The molecule has 0 fully saturated rings. The predicted molar refractivity (Wildman–Crippen MR) is 88.3 cm³/mol. The highest BCUT2D eigenvalue weighted by Crippen LogP contribution is 2.35. The second-order valence-corrected chi connectivity index (χ2v) is 6.60. The lowest BCUT2D eigenvalue weighted by molar-refractivity contribution is 0.499. The molecule has 2 heteroatoms. The van der Waals surface area contributed by atoms with Crippen LogP contribution in [0.4, 0.5) is 8.78 Å². The van der Waals surface area contributed by atoms with Crippen molar-refractivity contribution >= 4 is 11.1 Å². The summed E-state index contributed by atoms with van der Waals surface area (Å²) in [6, 6.07) is 3.49. The van der Waals surface area contributed by atoms with Crippen molar-refractivity contribution in [2.24, 2.45) is 5.92 Å². The van der Waals surface area contributed by atoms with Crippen LogP contribution in [-0.4, -0.2) is 0 Å². The third-order valence-corrected chi connectivity index (χ3v) is 4.81. The maximum Gasteiger partial charge on any atom is 0.166 e. The summed E-state index contributed by atoms with van der Waals surface area (Å²) in [4.78, 5) is 0. The monoisotopic (exact) mass is 300 g/mol. The molecule has 0 bridgehead atoms. The fourth-order valence-corrected chi connectivity index (χ4v) is 3.22. The first kappa shape index (κ1) is 15.2. The van der Waals surface area contributed by atoms with E-state index >= 15 is 0 Å². The number of allylic oxidation sites excluding steroid dienone is 6. The van der Waals surface area contributed by atoms with Crippen LogP contribution in [0.25, 0.3) is 11.1 Å². The van der Waals surface area contributed by atoms with Gasteiger partial charge < -0.3 is 0 Å². The summed E-state index contributed by atoms with van der Waals surface area (Å²) in [5.41, 5.74) is 3.98. The van der Waals surface area contributed by atoms with Crippen LogP contribution in [0.2, 0.25) is 0 Å². The smallest absolute Gasteiger partial charge is 0.166 e. The Labute approximate surface area is 131 Å². The van der Waals surface area contributed by atoms with Gasteiger partial charge in [0.2, 0.25) is 0 Å². The van der Waals surface area contributed by atoms with E-state index in [2.05, 4.69) is 19.9 Å². The largest absolute Gasteiger partial charge is 0.203 e. The van der Waals surface area contributed by atoms with Crippen LogP contribution in [0.1, 0.15) is 57.1 Å². The van der Waals surface area contributed by atoms with Gasteiger partial charge in [0, 0.05) is 11.1 Å². The Morgan fingerprint density at radius 2 is 1.59 bits per heavy atom. The van der Waals surface area contributed by atoms with E-state index in [1.807, 2.05) is 12.2 Å². The highest BCUT2D eigenvalue weighted by atomic mass is 19.2. The van der Waals surface area contributed by atoms with Crippen LogP contribution >= 0.6 is 0 Å². The summed E-state index contributed by atoms with van der Waals surface area (Å²) in [7, 11) is 0. The Hall–Kier alpha value is -1.70. The molecule has 0 heterocycles. The minimum Gasteiger partial charge on any atom is -0.203 e. The Morgan fingerprint density at radius 3 is 2.14 bits per heavy atom. The van der Waals surface area contributed by atoms with Crippen LogP contribution in [-0.2, 0) is 0 Å². The van der Waals surface area contributed by atoms with Crippen molar-refractivity contribution in [3.63, 3.8) is 0 Å². The first-order valence-corrected chi connectivity index (χ1v) is 8.10. The molecule has 0 radical (unpaired) electrons. The van der Waals surface area contributed by atoms with Gasteiger partial charge in [-0.1, -0.05) is 42.9 Å². The van der Waals surface area contributed by atoms with Gasteiger partial charge in [-0.2, -0.15) is 0 Å². The molecule has 0 aromatic heterocycles. The van der Waals surface area contributed by atoms with Crippen LogP contribution in [0, 0.1) is 17.6 Å². The molecule has 2 aliphatic rings. The van der Waals surface area contributed by atoms with E-state index in [9.17, 15) is 8.78 Å². The maximum absolute atomic E-state index is 14.5. The lowest BCUT2D eigenvalue weighted by Gasteiger charge is -2.20. The maximum atomic E-state index is 14.5. The average Bonchev–Trinajstić information content (AvgIpc) is 2.52. The summed E-state index contributed by atoms with van der Waals surface area (Å²) in [6.07, 6.45) is 10.5. The summed E-state index contributed by atoms with van der Waals surface area (Å²) in [6.45, 7) is 4.25. The minimum absolute atomic E-state index is 0.412. The molecule has 0 N–H and O–H groups in total. The number of hydrogen-bond acceptors (Lipinski definition) is 0. The highest BCUT2D eigenvalue weighted by Gasteiger charge is 2.20. The molecule has 1 aromatic rings.